The van der Waals surface area contributed by atoms with E-state index in [1.165, 1.54) is 0 Å². The third kappa shape index (κ3) is 4.35. The summed E-state index contributed by atoms with van der Waals surface area (Å²) in [6.45, 7) is 3.70. The molecule has 1 atom stereocenters. The molecule has 0 saturated carbocycles. The van der Waals surface area contributed by atoms with E-state index in [2.05, 4.69) is 11.4 Å². The van der Waals surface area contributed by atoms with Crippen LogP contribution < -0.4 is 10.1 Å². The summed E-state index contributed by atoms with van der Waals surface area (Å²) in [7, 11) is 0. The van der Waals surface area contributed by atoms with Gasteiger partial charge in [0.25, 0.3) is 5.91 Å². The molecule has 0 aliphatic heterocycles. The number of aryl methyl sites for hydroxylation is 1. The molecular formula is C18H18N2O2. The van der Waals surface area contributed by atoms with Crippen molar-refractivity contribution in [3.05, 3.63) is 59.7 Å². The largest absolute Gasteiger partial charge is 0.481 e. The maximum atomic E-state index is 12.1. The summed E-state index contributed by atoms with van der Waals surface area (Å²) in [4.78, 5) is 12.1. The Hall–Kier alpha value is -2.80. The topological polar surface area (TPSA) is 62.1 Å². The van der Waals surface area contributed by atoms with E-state index in [-0.39, 0.29) is 5.91 Å². The molecular weight excluding hydrogens is 276 g/mol. The number of nitrogens with zero attached hydrogens (tertiary/aromatic N) is 1. The Morgan fingerprint density at radius 2 is 1.82 bits per heavy atom. The molecule has 2 aromatic rings. The van der Waals surface area contributed by atoms with Crippen LogP contribution in [0.3, 0.4) is 0 Å². The van der Waals surface area contributed by atoms with Gasteiger partial charge in [0.05, 0.1) is 12.5 Å². The van der Waals surface area contributed by atoms with Crippen molar-refractivity contribution >= 4 is 11.6 Å². The number of benzene rings is 2. The molecule has 0 radical (unpaired) electrons. The van der Waals surface area contributed by atoms with Crippen molar-refractivity contribution in [2.75, 3.05) is 5.32 Å². The summed E-state index contributed by atoms with van der Waals surface area (Å²) in [6, 6.07) is 16.9. The van der Waals surface area contributed by atoms with Gasteiger partial charge in [-0.1, -0.05) is 29.8 Å². The van der Waals surface area contributed by atoms with Crippen LogP contribution in [0, 0.1) is 18.3 Å². The number of nitrogens with one attached hydrogen (secondary N) is 1. The molecule has 0 fully saturated rings. The first-order chi connectivity index (χ1) is 10.6. The summed E-state index contributed by atoms with van der Waals surface area (Å²) in [5, 5.41) is 11.4. The quantitative estimate of drug-likeness (QED) is 0.918. The van der Waals surface area contributed by atoms with Crippen molar-refractivity contribution in [1.29, 1.82) is 5.26 Å². The van der Waals surface area contributed by atoms with Crippen molar-refractivity contribution in [1.82, 2.24) is 0 Å². The van der Waals surface area contributed by atoms with Crippen LogP contribution in [0.15, 0.2) is 48.5 Å². The second kappa shape index (κ2) is 7.28. The van der Waals surface area contributed by atoms with Crippen LogP contribution in [0.1, 0.15) is 18.1 Å². The summed E-state index contributed by atoms with van der Waals surface area (Å²) in [5.41, 5.74) is 2.75. The first-order valence-electron chi connectivity index (χ1n) is 7.08. The smallest absolute Gasteiger partial charge is 0.265 e. The van der Waals surface area contributed by atoms with Crippen LogP contribution in [0.5, 0.6) is 5.75 Å². The number of amides is 1. The predicted molar refractivity (Wildman–Crippen MR) is 85.7 cm³/mol. The molecule has 2 rings (SSSR count). The molecule has 1 unspecified atom stereocenters. The van der Waals surface area contributed by atoms with Crippen LogP contribution in [-0.4, -0.2) is 12.0 Å². The second-order valence-electron chi connectivity index (χ2n) is 5.09. The third-order valence-corrected chi connectivity index (χ3v) is 3.21. The lowest BCUT2D eigenvalue weighted by molar-refractivity contribution is -0.122. The fourth-order valence-corrected chi connectivity index (χ4v) is 1.92. The Balaban J connectivity index is 1.93. The maximum absolute atomic E-state index is 12.1. The molecule has 0 aromatic heterocycles. The van der Waals surface area contributed by atoms with Crippen LogP contribution in [0.2, 0.25) is 0 Å². The summed E-state index contributed by atoms with van der Waals surface area (Å²) in [6.07, 6.45) is -0.234. The van der Waals surface area contributed by atoms with Gasteiger partial charge in [-0.2, -0.15) is 5.26 Å². The van der Waals surface area contributed by atoms with Gasteiger partial charge in [-0.3, -0.25) is 4.79 Å². The normalized spacial score (nSPS) is 11.3. The zero-order valence-electron chi connectivity index (χ0n) is 12.7. The highest BCUT2D eigenvalue weighted by atomic mass is 16.5. The Labute approximate surface area is 130 Å². The highest BCUT2D eigenvalue weighted by molar-refractivity contribution is 5.94. The molecule has 0 heterocycles. The number of rotatable bonds is 5. The lowest BCUT2D eigenvalue weighted by Crippen LogP contribution is -2.30. The number of carbonyl (C=O) groups is 1. The van der Waals surface area contributed by atoms with Gasteiger partial charge in [0, 0.05) is 5.69 Å². The Bertz CT molecular complexity index is 670. The predicted octanol–water partition coefficient (Wildman–Crippen LogP) is 3.47. The van der Waals surface area contributed by atoms with E-state index in [1.807, 2.05) is 43.3 Å². The van der Waals surface area contributed by atoms with Gasteiger partial charge in [-0.05, 0) is 43.7 Å². The highest BCUT2D eigenvalue weighted by Crippen LogP contribution is 2.15. The van der Waals surface area contributed by atoms with E-state index < -0.39 is 6.10 Å². The van der Waals surface area contributed by atoms with Crippen molar-refractivity contribution in [2.24, 2.45) is 0 Å². The van der Waals surface area contributed by atoms with Crippen molar-refractivity contribution in [3.8, 4) is 11.8 Å². The molecule has 2 aromatic carbocycles. The number of ether oxygens (including phenoxy) is 1. The van der Waals surface area contributed by atoms with Gasteiger partial charge in [-0.25, -0.2) is 0 Å². The Morgan fingerprint density at radius 3 is 2.41 bits per heavy atom. The molecule has 0 aliphatic carbocycles. The minimum Gasteiger partial charge on any atom is -0.481 e. The average molecular weight is 294 g/mol. The summed E-state index contributed by atoms with van der Waals surface area (Å²) < 4.78 is 5.61. The Morgan fingerprint density at radius 1 is 1.18 bits per heavy atom. The zero-order valence-corrected chi connectivity index (χ0v) is 12.7. The van der Waals surface area contributed by atoms with Gasteiger partial charge in [0.15, 0.2) is 6.10 Å². The van der Waals surface area contributed by atoms with Crippen LogP contribution >= 0.6 is 0 Å². The summed E-state index contributed by atoms with van der Waals surface area (Å²) >= 11 is 0. The molecule has 0 saturated heterocycles. The van der Waals surface area contributed by atoms with E-state index in [4.69, 9.17) is 10.00 Å². The average Bonchev–Trinajstić information content (AvgIpc) is 2.51. The lowest BCUT2D eigenvalue weighted by atomic mass is 10.1. The number of carbonyl (C=O) groups excluding carboxylic acids is 1. The van der Waals surface area contributed by atoms with Gasteiger partial charge in [0.2, 0.25) is 0 Å². The monoisotopic (exact) mass is 294 g/mol. The Kier molecular flexibility index (Phi) is 5.16. The first kappa shape index (κ1) is 15.6. The van der Waals surface area contributed by atoms with E-state index in [0.717, 1.165) is 11.1 Å². The maximum Gasteiger partial charge on any atom is 0.265 e. The molecule has 4 nitrogen and oxygen atoms in total. The first-order valence-corrected chi connectivity index (χ1v) is 7.08. The van der Waals surface area contributed by atoms with E-state index in [0.29, 0.717) is 17.9 Å². The second-order valence-corrected chi connectivity index (χ2v) is 5.09. The molecule has 0 bridgehead atoms. The van der Waals surface area contributed by atoms with E-state index in [1.54, 1.807) is 19.1 Å². The molecule has 22 heavy (non-hydrogen) atoms. The molecule has 112 valence electrons. The minimum absolute atomic E-state index is 0.214. The van der Waals surface area contributed by atoms with Crippen LogP contribution in [0.25, 0.3) is 0 Å². The fourth-order valence-electron chi connectivity index (χ4n) is 1.92. The number of hydrogen-bond donors (Lipinski definition) is 1. The lowest BCUT2D eigenvalue weighted by Gasteiger charge is -2.15. The van der Waals surface area contributed by atoms with Crippen LogP contribution in [0.4, 0.5) is 5.69 Å². The van der Waals surface area contributed by atoms with Crippen molar-refractivity contribution in [2.45, 2.75) is 26.4 Å². The molecule has 1 amide bonds. The standard InChI is InChI=1S/C18H18N2O2/c1-13-3-9-17(10-4-13)22-14(2)18(21)20-16-7-5-15(6-8-16)11-12-19/h3-10,14H,11H2,1-2H3,(H,20,21). The van der Waals surface area contributed by atoms with Crippen molar-refractivity contribution in [3.63, 3.8) is 0 Å². The SMILES string of the molecule is Cc1ccc(OC(C)C(=O)Nc2ccc(CC#N)cc2)cc1. The number of hydrogen-bond acceptors (Lipinski definition) is 3. The molecule has 4 heteroatoms. The molecule has 1 N–H and O–H groups in total. The molecule has 0 spiro atoms. The van der Waals surface area contributed by atoms with Crippen LogP contribution in [-0.2, 0) is 11.2 Å². The highest BCUT2D eigenvalue weighted by Gasteiger charge is 2.14. The van der Waals surface area contributed by atoms with Gasteiger partial charge in [-0.15, -0.1) is 0 Å². The van der Waals surface area contributed by atoms with Crippen molar-refractivity contribution < 1.29 is 9.53 Å². The number of nitriles is 1. The van der Waals surface area contributed by atoms with E-state index in [9.17, 15) is 4.79 Å². The van der Waals surface area contributed by atoms with Gasteiger partial charge < -0.3 is 10.1 Å². The fraction of sp³-hybridized carbons (Fsp3) is 0.222. The van der Waals surface area contributed by atoms with E-state index >= 15 is 0 Å². The third-order valence-electron chi connectivity index (χ3n) is 3.21. The number of anilines is 1. The summed E-state index contributed by atoms with van der Waals surface area (Å²) in [5.74, 6) is 0.450. The van der Waals surface area contributed by atoms with Gasteiger partial charge >= 0.3 is 0 Å². The molecule has 0 aliphatic rings. The zero-order chi connectivity index (χ0) is 15.9. The minimum atomic E-state index is -0.596. The van der Waals surface area contributed by atoms with Gasteiger partial charge in [0.1, 0.15) is 5.75 Å².